The molecule has 0 fully saturated rings. The first-order valence-corrected chi connectivity index (χ1v) is 5.22. The summed E-state index contributed by atoms with van der Waals surface area (Å²) in [6, 6.07) is 14.1. The second-order valence-corrected chi connectivity index (χ2v) is 3.80. The van der Waals surface area contributed by atoms with Crippen LogP contribution in [0.2, 0.25) is 0 Å². The Kier molecular flexibility index (Phi) is 3.06. The molecule has 2 rings (SSSR count). The summed E-state index contributed by atoms with van der Waals surface area (Å²) in [5, 5.41) is 11.7. The highest BCUT2D eigenvalue weighted by Gasteiger charge is 2.02. The monoisotopic (exact) mass is 226 g/mol. The van der Waals surface area contributed by atoms with E-state index in [1.165, 1.54) is 12.1 Å². The topological polar surface area (TPSA) is 35.8 Å². The van der Waals surface area contributed by atoms with Crippen LogP contribution in [0.1, 0.15) is 11.1 Å². The zero-order chi connectivity index (χ0) is 12.3. The van der Waals surface area contributed by atoms with E-state index in [-0.39, 0.29) is 5.56 Å². The number of nitrogens with one attached hydrogen (secondary N) is 1. The fraction of sp³-hybridized carbons (Fsp3) is 0.0714. The molecule has 17 heavy (non-hydrogen) atoms. The van der Waals surface area contributed by atoms with E-state index in [2.05, 4.69) is 5.32 Å². The van der Waals surface area contributed by atoms with E-state index in [4.69, 9.17) is 5.26 Å². The minimum Gasteiger partial charge on any atom is -0.355 e. The average Bonchev–Trinajstić information content (AvgIpc) is 2.29. The third-order valence-corrected chi connectivity index (χ3v) is 2.40. The molecular formula is C14H11FN2. The van der Waals surface area contributed by atoms with Gasteiger partial charge in [-0.05, 0) is 42.8 Å². The Bertz CT molecular complexity index is 585. The van der Waals surface area contributed by atoms with Gasteiger partial charge in [-0.2, -0.15) is 5.26 Å². The van der Waals surface area contributed by atoms with Crippen molar-refractivity contribution in [2.24, 2.45) is 0 Å². The van der Waals surface area contributed by atoms with Crippen LogP contribution in [0.5, 0.6) is 0 Å². The molecule has 0 heterocycles. The molecule has 0 saturated carbocycles. The van der Waals surface area contributed by atoms with Crippen molar-refractivity contribution in [2.45, 2.75) is 6.92 Å². The molecule has 0 unspecified atom stereocenters. The van der Waals surface area contributed by atoms with Gasteiger partial charge in [-0.25, -0.2) is 4.39 Å². The number of aryl methyl sites for hydroxylation is 1. The Morgan fingerprint density at radius 3 is 2.53 bits per heavy atom. The lowest BCUT2D eigenvalue weighted by molar-refractivity contribution is 0.624. The van der Waals surface area contributed by atoms with Gasteiger partial charge in [0.25, 0.3) is 0 Å². The molecule has 2 nitrogen and oxygen atoms in total. The maximum Gasteiger partial charge on any atom is 0.143 e. The average molecular weight is 226 g/mol. The SMILES string of the molecule is Cc1cccc(Nc2ccc(C#N)c(F)c2)c1. The van der Waals surface area contributed by atoms with E-state index in [0.29, 0.717) is 5.69 Å². The van der Waals surface area contributed by atoms with Crippen molar-refractivity contribution in [1.29, 1.82) is 5.26 Å². The van der Waals surface area contributed by atoms with Crippen LogP contribution >= 0.6 is 0 Å². The van der Waals surface area contributed by atoms with Crippen molar-refractivity contribution in [2.75, 3.05) is 5.32 Å². The highest BCUT2D eigenvalue weighted by atomic mass is 19.1. The molecule has 0 radical (unpaired) electrons. The van der Waals surface area contributed by atoms with Crippen molar-refractivity contribution in [3.8, 4) is 6.07 Å². The number of benzene rings is 2. The van der Waals surface area contributed by atoms with E-state index >= 15 is 0 Å². The van der Waals surface area contributed by atoms with Crippen LogP contribution in [-0.4, -0.2) is 0 Å². The van der Waals surface area contributed by atoms with Crippen LogP contribution in [0, 0.1) is 24.1 Å². The van der Waals surface area contributed by atoms with Crippen molar-refractivity contribution in [3.63, 3.8) is 0 Å². The van der Waals surface area contributed by atoms with Gasteiger partial charge in [-0.15, -0.1) is 0 Å². The fourth-order valence-electron chi connectivity index (χ4n) is 1.57. The smallest absolute Gasteiger partial charge is 0.143 e. The summed E-state index contributed by atoms with van der Waals surface area (Å²) in [5.41, 5.74) is 2.71. The molecule has 84 valence electrons. The number of rotatable bonds is 2. The molecule has 0 spiro atoms. The molecule has 0 aliphatic heterocycles. The van der Waals surface area contributed by atoms with Crippen LogP contribution in [0.25, 0.3) is 0 Å². The molecule has 0 amide bonds. The van der Waals surface area contributed by atoms with E-state index in [1.54, 1.807) is 12.1 Å². The largest absolute Gasteiger partial charge is 0.355 e. The Morgan fingerprint density at radius 1 is 1.12 bits per heavy atom. The van der Waals surface area contributed by atoms with E-state index < -0.39 is 5.82 Å². The first-order valence-electron chi connectivity index (χ1n) is 5.22. The van der Waals surface area contributed by atoms with Crippen LogP contribution in [0.15, 0.2) is 42.5 Å². The summed E-state index contributed by atoms with van der Waals surface area (Å²) in [6.45, 7) is 1.99. The molecule has 0 aliphatic carbocycles. The number of hydrogen-bond acceptors (Lipinski definition) is 2. The summed E-state index contributed by atoms with van der Waals surface area (Å²) in [4.78, 5) is 0. The van der Waals surface area contributed by atoms with Gasteiger partial charge in [0.15, 0.2) is 0 Å². The van der Waals surface area contributed by atoms with Crippen molar-refractivity contribution >= 4 is 11.4 Å². The molecule has 1 N–H and O–H groups in total. The molecule has 0 atom stereocenters. The van der Waals surface area contributed by atoms with Gasteiger partial charge in [0.2, 0.25) is 0 Å². The molecule has 3 heteroatoms. The lowest BCUT2D eigenvalue weighted by Gasteiger charge is -2.07. The zero-order valence-corrected chi connectivity index (χ0v) is 9.37. The highest BCUT2D eigenvalue weighted by molar-refractivity contribution is 5.61. The lowest BCUT2D eigenvalue weighted by atomic mass is 10.2. The Balaban J connectivity index is 2.25. The second-order valence-electron chi connectivity index (χ2n) is 3.80. The third-order valence-electron chi connectivity index (χ3n) is 2.40. The van der Waals surface area contributed by atoms with Crippen molar-refractivity contribution in [3.05, 3.63) is 59.4 Å². The summed E-state index contributed by atoms with van der Waals surface area (Å²) in [6.07, 6.45) is 0. The molecule has 2 aromatic carbocycles. The number of halogens is 1. The molecule has 0 bridgehead atoms. The Labute approximate surface area is 99.3 Å². The summed E-state index contributed by atoms with van der Waals surface area (Å²) >= 11 is 0. The maximum absolute atomic E-state index is 13.4. The third kappa shape index (κ3) is 2.61. The van der Waals surface area contributed by atoms with Gasteiger partial charge in [-0.1, -0.05) is 12.1 Å². The minimum atomic E-state index is -0.509. The molecular weight excluding hydrogens is 215 g/mol. The maximum atomic E-state index is 13.4. The molecule has 0 aliphatic rings. The normalized spacial score (nSPS) is 9.71. The summed E-state index contributed by atoms with van der Waals surface area (Å²) in [5.74, 6) is -0.509. The van der Waals surface area contributed by atoms with E-state index in [1.807, 2.05) is 31.2 Å². The molecule has 2 aromatic rings. The highest BCUT2D eigenvalue weighted by Crippen LogP contribution is 2.19. The Morgan fingerprint density at radius 2 is 1.88 bits per heavy atom. The predicted octanol–water partition coefficient (Wildman–Crippen LogP) is 3.75. The lowest BCUT2D eigenvalue weighted by Crippen LogP contribution is -1.92. The second kappa shape index (κ2) is 4.67. The van der Waals surface area contributed by atoms with Crippen molar-refractivity contribution < 1.29 is 4.39 Å². The van der Waals surface area contributed by atoms with Gasteiger partial charge >= 0.3 is 0 Å². The van der Waals surface area contributed by atoms with Gasteiger partial charge < -0.3 is 5.32 Å². The number of nitriles is 1. The van der Waals surface area contributed by atoms with Crippen LogP contribution in [-0.2, 0) is 0 Å². The number of anilines is 2. The fourth-order valence-corrected chi connectivity index (χ4v) is 1.57. The first-order chi connectivity index (χ1) is 8.19. The summed E-state index contributed by atoms with van der Waals surface area (Å²) < 4.78 is 13.4. The van der Waals surface area contributed by atoms with E-state index in [0.717, 1.165) is 11.3 Å². The first kappa shape index (κ1) is 11.2. The zero-order valence-electron chi connectivity index (χ0n) is 9.37. The van der Waals surface area contributed by atoms with E-state index in [9.17, 15) is 4.39 Å². The standard InChI is InChI=1S/C14H11FN2/c1-10-3-2-4-12(7-10)17-13-6-5-11(9-16)14(15)8-13/h2-8,17H,1H3. The van der Waals surface area contributed by atoms with Crippen LogP contribution in [0.4, 0.5) is 15.8 Å². The predicted molar refractivity (Wildman–Crippen MR) is 65.6 cm³/mol. The van der Waals surface area contributed by atoms with Gasteiger partial charge in [0.1, 0.15) is 11.9 Å². The van der Waals surface area contributed by atoms with Crippen LogP contribution in [0.3, 0.4) is 0 Å². The van der Waals surface area contributed by atoms with Gasteiger partial charge in [0, 0.05) is 11.4 Å². The number of nitrogens with zero attached hydrogens (tertiary/aromatic N) is 1. The number of hydrogen-bond donors (Lipinski definition) is 1. The molecule has 0 aromatic heterocycles. The van der Waals surface area contributed by atoms with Gasteiger partial charge in [0.05, 0.1) is 5.56 Å². The molecule has 0 saturated heterocycles. The van der Waals surface area contributed by atoms with Gasteiger partial charge in [-0.3, -0.25) is 0 Å². The summed E-state index contributed by atoms with van der Waals surface area (Å²) in [7, 11) is 0. The van der Waals surface area contributed by atoms with Crippen molar-refractivity contribution in [1.82, 2.24) is 0 Å². The Hall–Kier alpha value is -2.34. The minimum absolute atomic E-state index is 0.0554. The quantitative estimate of drug-likeness (QED) is 0.846. The van der Waals surface area contributed by atoms with Crippen LogP contribution < -0.4 is 5.32 Å².